The summed E-state index contributed by atoms with van der Waals surface area (Å²) in [4.78, 5) is 2.28. The topological polar surface area (TPSA) is 41.9 Å². The van der Waals surface area contributed by atoms with Crippen LogP contribution in [0.25, 0.3) is 0 Å². The van der Waals surface area contributed by atoms with Gasteiger partial charge in [-0.1, -0.05) is 12.1 Å². The van der Waals surface area contributed by atoms with Crippen LogP contribution in [0.1, 0.15) is 19.4 Å². The van der Waals surface area contributed by atoms with E-state index in [2.05, 4.69) is 30.9 Å². The van der Waals surface area contributed by atoms with E-state index in [-0.39, 0.29) is 11.9 Å². The Morgan fingerprint density at radius 1 is 1.22 bits per heavy atom. The summed E-state index contributed by atoms with van der Waals surface area (Å²) in [5.41, 5.74) is 2.19. The fourth-order valence-corrected chi connectivity index (χ4v) is 2.98. The molecule has 1 unspecified atom stereocenters. The highest BCUT2D eigenvalue weighted by atomic mass is 16.5. The van der Waals surface area contributed by atoms with Crippen molar-refractivity contribution in [1.29, 1.82) is 0 Å². The van der Waals surface area contributed by atoms with Crippen molar-refractivity contribution >= 4 is 5.69 Å². The van der Waals surface area contributed by atoms with Crippen molar-refractivity contribution in [3.05, 3.63) is 48.0 Å². The molecule has 1 aliphatic rings. The van der Waals surface area contributed by atoms with Crippen LogP contribution in [0.4, 0.5) is 5.69 Å². The number of ether oxygens (including phenoxy) is 2. The highest BCUT2D eigenvalue weighted by molar-refractivity contribution is 5.63. The van der Waals surface area contributed by atoms with Crippen molar-refractivity contribution in [3.8, 4) is 17.2 Å². The lowest BCUT2D eigenvalue weighted by Gasteiger charge is -2.39. The molecule has 0 spiro atoms. The van der Waals surface area contributed by atoms with Gasteiger partial charge in [-0.15, -0.1) is 0 Å². The smallest absolute Gasteiger partial charge is 0.143 e. The predicted molar refractivity (Wildman–Crippen MR) is 91.7 cm³/mol. The number of benzene rings is 2. The zero-order chi connectivity index (χ0) is 16.4. The molecule has 3 rings (SSSR count). The van der Waals surface area contributed by atoms with Crippen LogP contribution in [-0.2, 0) is 6.42 Å². The van der Waals surface area contributed by atoms with Crippen LogP contribution < -0.4 is 14.4 Å². The van der Waals surface area contributed by atoms with Gasteiger partial charge >= 0.3 is 0 Å². The van der Waals surface area contributed by atoms with Gasteiger partial charge in [-0.2, -0.15) is 0 Å². The standard InChI is InChI=1S/C19H23NO3/c1-13(2)20-12-17(10-14-4-7-16(22-3)8-5-14)23-19-9-6-15(21)11-18(19)20/h4-9,11,13,17,21H,10,12H2,1-3H3. The monoisotopic (exact) mass is 313 g/mol. The van der Waals surface area contributed by atoms with Crippen molar-refractivity contribution in [2.24, 2.45) is 0 Å². The molecule has 0 aliphatic carbocycles. The predicted octanol–water partition coefficient (Wildman–Crippen LogP) is 3.62. The van der Waals surface area contributed by atoms with Crippen molar-refractivity contribution in [1.82, 2.24) is 0 Å². The minimum Gasteiger partial charge on any atom is -0.508 e. The van der Waals surface area contributed by atoms with Crippen LogP contribution in [0.15, 0.2) is 42.5 Å². The van der Waals surface area contributed by atoms with E-state index in [1.807, 2.05) is 18.2 Å². The van der Waals surface area contributed by atoms with Gasteiger partial charge in [0.05, 0.1) is 19.3 Å². The largest absolute Gasteiger partial charge is 0.508 e. The van der Waals surface area contributed by atoms with Crippen molar-refractivity contribution in [2.75, 3.05) is 18.6 Å². The molecule has 1 heterocycles. The third kappa shape index (κ3) is 3.36. The van der Waals surface area contributed by atoms with Gasteiger partial charge in [0.1, 0.15) is 23.4 Å². The van der Waals surface area contributed by atoms with Gasteiger partial charge in [0.15, 0.2) is 0 Å². The Kier molecular flexibility index (Phi) is 4.33. The molecule has 4 heteroatoms. The number of aromatic hydroxyl groups is 1. The number of hydrogen-bond acceptors (Lipinski definition) is 4. The van der Waals surface area contributed by atoms with Gasteiger partial charge in [0, 0.05) is 18.5 Å². The summed E-state index contributed by atoms with van der Waals surface area (Å²) in [5.74, 6) is 1.97. The van der Waals surface area contributed by atoms with Gasteiger partial charge in [0.25, 0.3) is 0 Å². The first-order valence-electron chi connectivity index (χ1n) is 7.96. The molecule has 4 nitrogen and oxygen atoms in total. The number of nitrogens with zero attached hydrogens (tertiary/aromatic N) is 1. The minimum atomic E-state index is 0.0860. The zero-order valence-electron chi connectivity index (χ0n) is 13.8. The number of phenols is 1. The van der Waals surface area contributed by atoms with Gasteiger partial charge in [-0.25, -0.2) is 0 Å². The van der Waals surface area contributed by atoms with E-state index in [0.29, 0.717) is 6.04 Å². The molecule has 2 aromatic rings. The fourth-order valence-electron chi connectivity index (χ4n) is 2.98. The average Bonchev–Trinajstić information content (AvgIpc) is 2.55. The Hall–Kier alpha value is -2.36. The molecule has 23 heavy (non-hydrogen) atoms. The molecular formula is C19H23NO3. The molecule has 0 amide bonds. The number of rotatable bonds is 4. The van der Waals surface area contributed by atoms with Gasteiger partial charge in [-0.05, 0) is 43.7 Å². The maximum Gasteiger partial charge on any atom is 0.143 e. The number of phenolic OH excluding ortho intramolecular Hbond substituents is 1. The second kappa shape index (κ2) is 6.41. The normalized spacial score (nSPS) is 16.9. The molecule has 122 valence electrons. The SMILES string of the molecule is COc1ccc(CC2CN(C(C)C)c3cc(O)ccc3O2)cc1. The Labute approximate surface area is 137 Å². The first-order chi connectivity index (χ1) is 11.1. The van der Waals surface area contributed by atoms with E-state index in [9.17, 15) is 5.11 Å². The van der Waals surface area contributed by atoms with Crippen LogP contribution in [0.2, 0.25) is 0 Å². The Balaban J connectivity index is 1.80. The first kappa shape index (κ1) is 15.5. The van der Waals surface area contributed by atoms with Gasteiger partial charge < -0.3 is 19.5 Å². The molecule has 0 aromatic heterocycles. The van der Waals surface area contributed by atoms with E-state index >= 15 is 0 Å². The van der Waals surface area contributed by atoms with E-state index in [0.717, 1.165) is 30.2 Å². The van der Waals surface area contributed by atoms with Gasteiger partial charge in [-0.3, -0.25) is 0 Å². The van der Waals surface area contributed by atoms with Gasteiger partial charge in [0.2, 0.25) is 0 Å². The van der Waals surface area contributed by atoms with E-state index in [1.54, 1.807) is 19.2 Å². The molecule has 0 saturated heterocycles. The molecule has 0 radical (unpaired) electrons. The summed E-state index contributed by atoms with van der Waals surface area (Å²) in [6.45, 7) is 5.12. The van der Waals surface area contributed by atoms with Crippen LogP contribution in [0.5, 0.6) is 17.2 Å². The summed E-state index contributed by atoms with van der Waals surface area (Å²) in [6, 6.07) is 13.8. The number of methoxy groups -OCH3 is 1. The third-order valence-electron chi connectivity index (χ3n) is 4.19. The molecule has 0 saturated carbocycles. The average molecular weight is 313 g/mol. The quantitative estimate of drug-likeness (QED) is 0.936. The summed E-state index contributed by atoms with van der Waals surface area (Å²) < 4.78 is 11.3. The van der Waals surface area contributed by atoms with Crippen LogP contribution >= 0.6 is 0 Å². The summed E-state index contributed by atoms with van der Waals surface area (Å²) in [7, 11) is 1.67. The molecule has 1 N–H and O–H groups in total. The van der Waals surface area contributed by atoms with Crippen molar-refractivity contribution in [2.45, 2.75) is 32.4 Å². The summed E-state index contributed by atoms with van der Waals surface area (Å²) in [6.07, 6.45) is 0.927. The van der Waals surface area contributed by atoms with Crippen LogP contribution in [0.3, 0.4) is 0 Å². The maximum atomic E-state index is 9.74. The van der Waals surface area contributed by atoms with Crippen LogP contribution in [-0.4, -0.2) is 30.9 Å². The number of anilines is 1. The molecule has 0 bridgehead atoms. The Morgan fingerprint density at radius 2 is 1.96 bits per heavy atom. The lowest BCUT2D eigenvalue weighted by molar-refractivity contribution is 0.190. The lowest BCUT2D eigenvalue weighted by Crippen LogP contribution is -2.44. The zero-order valence-corrected chi connectivity index (χ0v) is 13.8. The number of hydrogen-bond donors (Lipinski definition) is 1. The third-order valence-corrected chi connectivity index (χ3v) is 4.19. The molecule has 2 aromatic carbocycles. The van der Waals surface area contributed by atoms with Crippen LogP contribution in [0, 0.1) is 0 Å². The fraction of sp³-hybridized carbons (Fsp3) is 0.368. The Morgan fingerprint density at radius 3 is 2.61 bits per heavy atom. The highest BCUT2D eigenvalue weighted by Crippen LogP contribution is 2.37. The molecular weight excluding hydrogens is 290 g/mol. The highest BCUT2D eigenvalue weighted by Gasteiger charge is 2.27. The minimum absolute atomic E-state index is 0.0860. The van der Waals surface area contributed by atoms with Crippen molar-refractivity contribution in [3.63, 3.8) is 0 Å². The molecule has 1 aliphatic heterocycles. The second-order valence-corrected chi connectivity index (χ2v) is 6.19. The summed E-state index contributed by atoms with van der Waals surface area (Å²) >= 11 is 0. The van der Waals surface area contributed by atoms with Crippen molar-refractivity contribution < 1.29 is 14.6 Å². The first-order valence-corrected chi connectivity index (χ1v) is 7.96. The maximum absolute atomic E-state index is 9.74. The Bertz CT molecular complexity index is 667. The van der Waals surface area contributed by atoms with E-state index < -0.39 is 0 Å². The molecule has 1 atom stereocenters. The second-order valence-electron chi connectivity index (χ2n) is 6.19. The lowest BCUT2D eigenvalue weighted by atomic mass is 10.0. The van der Waals surface area contributed by atoms with E-state index in [4.69, 9.17) is 9.47 Å². The van der Waals surface area contributed by atoms with E-state index in [1.165, 1.54) is 5.56 Å². The molecule has 0 fully saturated rings. The number of fused-ring (bicyclic) bond motifs is 1. The summed E-state index contributed by atoms with van der Waals surface area (Å²) in [5, 5.41) is 9.74.